The van der Waals surface area contributed by atoms with Crippen LogP contribution in [0.5, 0.6) is 0 Å². The number of hydrogen-bond donors (Lipinski definition) is 2. The van der Waals surface area contributed by atoms with Crippen LogP contribution in [0.4, 0.5) is 0 Å². The van der Waals surface area contributed by atoms with Gasteiger partial charge in [-0.05, 0) is 37.7 Å². The van der Waals surface area contributed by atoms with Crippen LogP contribution in [0.1, 0.15) is 32.1 Å². The Kier molecular flexibility index (Phi) is 2.35. The van der Waals surface area contributed by atoms with Crippen molar-refractivity contribution in [2.24, 2.45) is 10.7 Å². The van der Waals surface area contributed by atoms with Gasteiger partial charge in [-0.1, -0.05) is 0 Å². The molecule has 2 fully saturated rings. The normalized spacial score (nSPS) is 24.9. The monoisotopic (exact) mass is 218 g/mol. The molecule has 0 aromatic rings. The van der Waals surface area contributed by atoms with E-state index >= 15 is 0 Å². The first-order valence-corrected chi connectivity index (χ1v) is 6.13. The molecule has 16 heavy (non-hydrogen) atoms. The largest absolute Gasteiger partial charge is 0.382 e. The van der Waals surface area contributed by atoms with Crippen LogP contribution in [0.25, 0.3) is 0 Å². The van der Waals surface area contributed by atoms with Crippen LogP contribution in [0, 0.1) is 0 Å². The molecule has 0 spiro atoms. The summed E-state index contributed by atoms with van der Waals surface area (Å²) in [7, 11) is 0. The molecule has 0 radical (unpaired) electrons. The molecular formula is C12H18N4. The molecule has 0 aromatic carbocycles. The highest BCUT2D eigenvalue weighted by Crippen LogP contribution is 2.32. The Balaban J connectivity index is 1.77. The van der Waals surface area contributed by atoms with Gasteiger partial charge < -0.3 is 16.0 Å². The Bertz CT molecular complexity index is 380. The number of nitrogens with one attached hydrogen (secondary N) is 1. The topological polar surface area (TPSA) is 53.6 Å². The van der Waals surface area contributed by atoms with Crippen LogP contribution in [0.2, 0.25) is 0 Å². The average molecular weight is 218 g/mol. The number of likely N-dealkylation sites (tertiary alicyclic amines) is 1. The number of nitrogens with two attached hydrogens (primary N) is 1. The minimum Gasteiger partial charge on any atom is -0.382 e. The van der Waals surface area contributed by atoms with Gasteiger partial charge in [0.2, 0.25) is 0 Å². The lowest BCUT2D eigenvalue weighted by molar-refractivity contribution is 0.295. The smallest absolute Gasteiger partial charge is 0.150 e. The summed E-state index contributed by atoms with van der Waals surface area (Å²) in [5, 5.41) is 3.27. The van der Waals surface area contributed by atoms with E-state index in [0.29, 0.717) is 5.84 Å². The number of piperidine rings is 1. The molecule has 2 aliphatic heterocycles. The van der Waals surface area contributed by atoms with Gasteiger partial charge in [-0.2, -0.15) is 0 Å². The zero-order chi connectivity index (χ0) is 11.0. The molecule has 2 heterocycles. The van der Waals surface area contributed by atoms with Crippen molar-refractivity contribution in [1.29, 1.82) is 0 Å². The van der Waals surface area contributed by atoms with Crippen LogP contribution < -0.4 is 11.1 Å². The molecule has 86 valence electrons. The van der Waals surface area contributed by atoms with Gasteiger partial charge in [0.05, 0.1) is 5.70 Å². The number of amidine groups is 1. The average Bonchev–Trinajstić information content (AvgIpc) is 3.14. The Hall–Kier alpha value is -1.45. The second-order valence-electron chi connectivity index (χ2n) is 4.67. The molecule has 0 bridgehead atoms. The molecule has 0 atom stereocenters. The molecule has 0 unspecified atom stereocenters. The molecule has 4 heteroatoms. The van der Waals surface area contributed by atoms with Gasteiger partial charge >= 0.3 is 0 Å². The summed E-state index contributed by atoms with van der Waals surface area (Å²) in [4.78, 5) is 6.79. The highest BCUT2D eigenvalue weighted by molar-refractivity contribution is 5.97. The van der Waals surface area contributed by atoms with Gasteiger partial charge in [-0.25, -0.2) is 4.99 Å². The number of allylic oxidation sites excluding steroid dienone is 1. The minimum absolute atomic E-state index is 0.676. The molecule has 3 rings (SSSR count). The Morgan fingerprint density at radius 2 is 1.94 bits per heavy atom. The van der Waals surface area contributed by atoms with Crippen LogP contribution in [-0.4, -0.2) is 23.8 Å². The molecule has 0 aromatic heterocycles. The summed E-state index contributed by atoms with van der Waals surface area (Å²) in [6.07, 6.45) is 8.23. The summed E-state index contributed by atoms with van der Waals surface area (Å²) in [6.45, 7) is 2.21. The first kappa shape index (κ1) is 9.75. The first-order valence-electron chi connectivity index (χ1n) is 6.13. The van der Waals surface area contributed by atoms with E-state index in [9.17, 15) is 0 Å². The predicted octanol–water partition coefficient (Wildman–Crippen LogP) is 1.28. The number of rotatable bonds is 1. The van der Waals surface area contributed by atoms with E-state index in [-0.39, 0.29) is 0 Å². The molecule has 3 aliphatic rings. The minimum atomic E-state index is 0.676. The molecular weight excluding hydrogens is 200 g/mol. The molecule has 1 saturated heterocycles. The van der Waals surface area contributed by atoms with Crippen LogP contribution in [-0.2, 0) is 0 Å². The lowest BCUT2D eigenvalue weighted by Gasteiger charge is -2.32. The standard InChI is InChI=1S/C12H18N4/c13-11-10(16-6-2-1-3-7-16)8-14-12(15-11)9-4-5-9/h8,14H,1-7H2,(H2,13,15). The summed E-state index contributed by atoms with van der Waals surface area (Å²) in [6, 6.07) is 0. The van der Waals surface area contributed by atoms with Crippen LogP contribution >= 0.6 is 0 Å². The SMILES string of the molecule is NC1=NC(=C2CC2)NC=C1N1CCCCC1. The van der Waals surface area contributed by atoms with E-state index in [1.807, 2.05) is 6.20 Å². The Morgan fingerprint density at radius 1 is 1.19 bits per heavy atom. The second-order valence-corrected chi connectivity index (χ2v) is 4.67. The molecule has 1 aliphatic carbocycles. The van der Waals surface area contributed by atoms with Crippen LogP contribution in [0.15, 0.2) is 28.3 Å². The van der Waals surface area contributed by atoms with Gasteiger partial charge in [-0.3, -0.25) is 0 Å². The third-order valence-corrected chi connectivity index (χ3v) is 3.37. The van der Waals surface area contributed by atoms with E-state index in [1.165, 1.54) is 37.7 Å². The van der Waals surface area contributed by atoms with Crippen molar-refractivity contribution in [3.63, 3.8) is 0 Å². The lowest BCUT2D eigenvalue weighted by Crippen LogP contribution is -2.38. The highest BCUT2D eigenvalue weighted by atomic mass is 15.2. The van der Waals surface area contributed by atoms with Gasteiger partial charge in [-0.15, -0.1) is 0 Å². The Morgan fingerprint density at radius 3 is 2.56 bits per heavy atom. The molecule has 0 amide bonds. The molecule has 1 saturated carbocycles. The maximum absolute atomic E-state index is 6.03. The second kappa shape index (κ2) is 3.85. The van der Waals surface area contributed by atoms with Gasteiger partial charge in [0.1, 0.15) is 5.82 Å². The number of hydrogen-bond acceptors (Lipinski definition) is 4. The van der Waals surface area contributed by atoms with E-state index in [4.69, 9.17) is 5.73 Å². The number of nitrogens with zero attached hydrogens (tertiary/aromatic N) is 2. The summed E-state index contributed by atoms with van der Waals surface area (Å²) >= 11 is 0. The highest BCUT2D eigenvalue weighted by Gasteiger charge is 2.23. The maximum atomic E-state index is 6.03. The first-order chi connectivity index (χ1) is 7.84. The lowest BCUT2D eigenvalue weighted by atomic mass is 10.1. The van der Waals surface area contributed by atoms with Crippen LogP contribution in [0.3, 0.4) is 0 Å². The maximum Gasteiger partial charge on any atom is 0.150 e. The Labute approximate surface area is 95.9 Å². The van der Waals surface area contributed by atoms with Gasteiger partial charge in [0.25, 0.3) is 0 Å². The number of aliphatic imine (C=N–C) groups is 1. The fourth-order valence-corrected chi connectivity index (χ4v) is 2.29. The van der Waals surface area contributed by atoms with Crippen molar-refractivity contribution in [3.05, 3.63) is 23.3 Å². The van der Waals surface area contributed by atoms with E-state index in [0.717, 1.165) is 24.6 Å². The van der Waals surface area contributed by atoms with Crippen molar-refractivity contribution in [1.82, 2.24) is 10.2 Å². The molecule has 3 N–H and O–H groups in total. The van der Waals surface area contributed by atoms with Crippen molar-refractivity contribution in [2.75, 3.05) is 13.1 Å². The van der Waals surface area contributed by atoms with E-state index in [2.05, 4.69) is 15.2 Å². The van der Waals surface area contributed by atoms with Crippen molar-refractivity contribution >= 4 is 5.84 Å². The van der Waals surface area contributed by atoms with Gasteiger partial charge in [0, 0.05) is 19.3 Å². The van der Waals surface area contributed by atoms with E-state index in [1.54, 1.807) is 0 Å². The fourth-order valence-electron chi connectivity index (χ4n) is 2.29. The third kappa shape index (κ3) is 1.79. The van der Waals surface area contributed by atoms with Crippen molar-refractivity contribution in [3.8, 4) is 0 Å². The zero-order valence-electron chi connectivity index (χ0n) is 9.50. The van der Waals surface area contributed by atoms with Crippen molar-refractivity contribution < 1.29 is 0 Å². The quantitative estimate of drug-likeness (QED) is 0.697. The third-order valence-electron chi connectivity index (χ3n) is 3.37. The zero-order valence-corrected chi connectivity index (χ0v) is 9.50. The molecule has 4 nitrogen and oxygen atoms in total. The summed E-state index contributed by atoms with van der Waals surface area (Å²) < 4.78 is 0. The van der Waals surface area contributed by atoms with E-state index < -0.39 is 0 Å². The predicted molar refractivity (Wildman–Crippen MR) is 64.5 cm³/mol. The summed E-state index contributed by atoms with van der Waals surface area (Å²) in [5.41, 5.74) is 8.51. The fraction of sp³-hybridized carbons (Fsp3) is 0.583. The van der Waals surface area contributed by atoms with Gasteiger partial charge in [0.15, 0.2) is 5.84 Å². The van der Waals surface area contributed by atoms with Crippen molar-refractivity contribution in [2.45, 2.75) is 32.1 Å². The summed E-state index contributed by atoms with van der Waals surface area (Å²) in [5.74, 6) is 1.66.